The zero-order valence-corrected chi connectivity index (χ0v) is 19.6. The summed E-state index contributed by atoms with van der Waals surface area (Å²) in [7, 11) is 0. The van der Waals surface area contributed by atoms with Gasteiger partial charge in [-0.3, -0.25) is 14.9 Å². The Kier molecular flexibility index (Phi) is 7.52. The summed E-state index contributed by atoms with van der Waals surface area (Å²) in [5, 5.41) is 29.2. The van der Waals surface area contributed by atoms with Crippen LogP contribution in [0.5, 0.6) is 11.5 Å². The van der Waals surface area contributed by atoms with Crippen LogP contribution in [-0.2, 0) is 4.74 Å². The summed E-state index contributed by atoms with van der Waals surface area (Å²) >= 11 is 0. The Balaban J connectivity index is 1.55. The van der Waals surface area contributed by atoms with Crippen LogP contribution in [0.4, 0.5) is 5.69 Å². The summed E-state index contributed by atoms with van der Waals surface area (Å²) in [5.74, 6) is -0.568. The van der Waals surface area contributed by atoms with Gasteiger partial charge in [0.25, 0.3) is 5.69 Å². The van der Waals surface area contributed by atoms with Gasteiger partial charge >= 0.3 is 5.97 Å². The number of ketones is 1. The third-order valence-corrected chi connectivity index (χ3v) is 5.49. The van der Waals surface area contributed by atoms with Gasteiger partial charge in [-0.15, -0.1) is 0 Å². The van der Waals surface area contributed by atoms with Crippen molar-refractivity contribution in [3.05, 3.63) is 135 Å². The second-order valence-electron chi connectivity index (χ2n) is 7.92. The Morgan fingerprint density at radius 2 is 1.39 bits per heavy atom. The molecule has 4 aromatic carbocycles. The van der Waals surface area contributed by atoms with E-state index >= 15 is 0 Å². The van der Waals surface area contributed by atoms with E-state index in [1.807, 2.05) is 12.1 Å². The van der Waals surface area contributed by atoms with Gasteiger partial charge in [-0.1, -0.05) is 30.3 Å². The molecule has 0 aliphatic rings. The highest BCUT2D eigenvalue weighted by Crippen LogP contribution is 2.28. The molecule has 4 aromatic rings. The van der Waals surface area contributed by atoms with Gasteiger partial charge in [0, 0.05) is 23.3 Å². The van der Waals surface area contributed by atoms with Crippen LogP contribution >= 0.6 is 0 Å². The van der Waals surface area contributed by atoms with E-state index in [0.717, 1.165) is 0 Å². The fraction of sp³-hybridized carbons (Fsp3) is 0.0345. The lowest BCUT2D eigenvalue weighted by Gasteiger charge is -2.17. The summed E-state index contributed by atoms with van der Waals surface area (Å²) in [4.78, 5) is 36.6. The maximum absolute atomic E-state index is 13.2. The molecule has 0 aliphatic carbocycles. The number of rotatable bonds is 8. The molecule has 0 saturated carbocycles. The van der Waals surface area contributed by atoms with Gasteiger partial charge in [0.1, 0.15) is 23.6 Å². The van der Waals surface area contributed by atoms with E-state index in [-0.39, 0.29) is 27.9 Å². The number of Topliss-reactive ketones (excluding diaryl/α,β-unsaturated/α-hetero) is 1. The molecule has 9 heteroatoms. The van der Waals surface area contributed by atoms with Crippen molar-refractivity contribution in [1.82, 2.24) is 0 Å². The molecule has 1 atom stereocenters. The molecule has 0 aromatic heterocycles. The summed E-state index contributed by atoms with van der Waals surface area (Å²) in [6, 6.07) is 27.7. The molecule has 38 heavy (non-hydrogen) atoms. The highest BCUT2D eigenvalue weighted by molar-refractivity contribution is 6.02. The first-order valence-corrected chi connectivity index (χ1v) is 11.2. The smallest absolute Gasteiger partial charge is 0.339 e. The van der Waals surface area contributed by atoms with E-state index in [9.17, 15) is 25.0 Å². The minimum atomic E-state index is -1.33. The highest BCUT2D eigenvalue weighted by atomic mass is 16.6. The maximum atomic E-state index is 13.2. The van der Waals surface area contributed by atoms with Crippen molar-refractivity contribution in [2.45, 2.75) is 6.10 Å². The van der Waals surface area contributed by atoms with Crippen LogP contribution in [0, 0.1) is 32.8 Å². The topological polar surface area (TPSA) is 143 Å². The first-order chi connectivity index (χ1) is 18.4. The van der Waals surface area contributed by atoms with E-state index in [1.165, 1.54) is 60.7 Å². The molecule has 9 nitrogen and oxygen atoms in total. The molecule has 0 aliphatic heterocycles. The Morgan fingerprint density at radius 1 is 0.763 bits per heavy atom. The number of nitriles is 2. The number of nitrogens with zero attached hydrogens (tertiary/aromatic N) is 3. The van der Waals surface area contributed by atoms with Crippen molar-refractivity contribution < 1.29 is 24.0 Å². The number of ether oxygens (including phenoxy) is 2. The van der Waals surface area contributed by atoms with E-state index < -0.39 is 22.8 Å². The average Bonchev–Trinajstić information content (AvgIpc) is 2.96. The predicted octanol–water partition coefficient (Wildman–Crippen LogP) is 5.91. The zero-order chi connectivity index (χ0) is 27.1. The summed E-state index contributed by atoms with van der Waals surface area (Å²) in [6.45, 7) is 0. The SMILES string of the molecule is N#Cc1ccc(Oc2ccc(C(=O)O[C@H](C(=O)c3ccccc3)c3ccc([N+](=O)[O-])cc3)cc2)cc1C#N. The second kappa shape index (κ2) is 11.3. The van der Waals surface area contributed by atoms with Gasteiger partial charge in [0.15, 0.2) is 6.10 Å². The molecule has 0 spiro atoms. The van der Waals surface area contributed by atoms with Gasteiger partial charge in [-0.05, 0) is 54.6 Å². The number of carbonyl (C=O) groups is 2. The monoisotopic (exact) mass is 503 g/mol. The lowest BCUT2D eigenvalue weighted by Crippen LogP contribution is -2.20. The number of nitro benzene ring substituents is 1. The molecule has 184 valence electrons. The normalized spacial score (nSPS) is 10.9. The molecule has 0 unspecified atom stereocenters. The minimum absolute atomic E-state index is 0.141. The Morgan fingerprint density at radius 3 is 2.00 bits per heavy atom. The third-order valence-electron chi connectivity index (χ3n) is 5.49. The molecular formula is C29H17N3O6. The number of hydrogen-bond donors (Lipinski definition) is 0. The van der Waals surface area contributed by atoms with Crippen molar-refractivity contribution in [3.63, 3.8) is 0 Å². The van der Waals surface area contributed by atoms with Crippen molar-refractivity contribution in [1.29, 1.82) is 10.5 Å². The molecule has 0 bridgehead atoms. The standard InChI is InChI=1S/C29H17N3O6/c30-17-22-10-15-26(16-23(22)18-31)37-25-13-8-21(9-14-25)29(34)38-28(27(33)19-4-2-1-3-5-19)20-6-11-24(12-7-20)32(35)36/h1-16,28H/t28-/m0/s1. The van der Waals surface area contributed by atoms with Crippen LogP contribution in [0.15, 0.2) is 97.1 Å². The molecule has 0 fully saturated rings. The van der Waals surface area contributed by atoms with Gasteiger partial charge in [-0.2, -0.15) is 10.5 Å². The number of benzene rings is 4. The average molecular weight is 503 g/mol. The molecular weight excluding hydrogens is 486 g/mol. The molecule has 0 N–H and O–H groups in total. The summed E-state index contributed by atoms with van der Waals surface area (Å²) in [5.41, 5.74) is 0.975. The van der Waals surface area contributed by atoms with Crippen LogP contribution in [0.2, 0.25) is 0 Å². The fourth-order valence-corrected chi connectivity index (χ4v) is 3.54. The quantitative estimate of drug-likeness (QED) is 0.125. The van der Waals surface area contributed by atoms with Crippen LogP contribution in [0.25, 0.3) is 0 Å². The van der Waals surface area contributed by atoms with E-state index in [2.05, 4.69) is 0 Å². The largest absolute Gasteiger partial charge is 0.457 e. The van der Waals surface area contributed by atoms with E-state index in [1.54, 1.807) is 36.4 Å². The van der Waals surface area contributed by atoms with Gasteiger partial charge in [0.05, 0.1) is 21.6 Å². The molecule has 0 saturated heterocycles. The van der Waals surface area contributed by atoms with Gasteiger partial charge in [0.2, 0.25) is 5.78 Å². The van der Waals surface area contributed by atoms with Gasteiger partial charge in [-0.25, -0.2) is 4.79 Å². The molecule has 4 rings (SSSR count). The summed E-state index contributed by atoms with van der Waals surface area (Å²) in [6.07, 6.45) is -1.33. The number of non-ortho nitro benzene ring substituents is 1. The van der Waals surface area contributed by atoms with Crippen LogP contribution in [0.3, 0.4) is 0 Å². The molecule has 0 radical (unpaired) electrons. The Hall–Kier alpha value is -5.80. The fourth-order valence-electron chi connectivity index (χ4n) is 3.54. The van der Waals surface area contributed by atoms with Crippen LogP contribution in [0.1, 0.15) is 43.5 Å². The number of nitro groups is 1. The lowest BCUT2D eigenvalue weighted by atomic mass is 9.99. The number of carbonyl (C=O) groups excluding carboxylic acids is 2. The molecule has 0 heterocycles. The highest BCUT2D eigenvalue weighted by Gasteiger charge is 2.27. The lowest BCUT2D eigenvalue weighted by molar-refractivity contribution is -0.384. The van der Waals surface area contributed by atoms with E-state index in [0.29, 0.717) is 17.1 Å². The van der Waals surface area contributed by atoms with Crippen molar-refractivity contribution >= 4 is 17.4 Å². The Bertz CT molecular complexity index is 1590. The first-order valence-electron chi connectivity index (χ1n) is 11.2. The zero-order valence-electron chi connectivity index (χ0n) is 19.6. The van der Waals surface area contributed by atoms with Crippen molar-refractivity contribution in [3.8, 4) is 23.6 Å². The van der Waals surface area contributed by atoms with Gasteiger partial charge < -0.3 is 9.47 Å². The third kappa shape index (κ3) is 5.70. The first kappa shape index (κ1) is 25.3. The predicted molar refractivity (Wildman–Crippen MR) is 134 cm³/mol. The van der Waals surface area contributed by atoms with Crippen LogP contribution < -0.4 is 4.74 Å². The number of esters is 1. The van der Waals surface area contributed by atoms with Crippen molar-refractivity contribution in [2.24, 2.45) is 0 Å². The van der Waals surface area contributed by atoms with Crippen molar-refractivity contribution in [2.75, 3.05) is 0 Å². The molecule has 0 amide bonds. The second-order valence-corrected chi connectivity index (χ2v) is 7.92. The summed E-state index contributed by atoms with van der Waals surface area (Å²) < 4.78 is 11.3. The van der Waals surface area contributed by atoms with E-state index in [4.69, 9.17) is 14.7 Å². The number of hydrogen-bond acceptors (Lipinski definition) is 8. The minimum Gasteiger partial charge on any atom is -0.457 e. The maximum Gasteiger partial charge on any atom is 0.339 e. The Labute approximate surface area is 216 Å². The van der Waals surface area contributed by atoms with Crippen LogP contribution in [-0.4, -0.2) is 16.7 Å².